The number of nitrogens with zero attached hydrogens (tertiary/aromatic N) is 4. The van der Waals surface area contributed by atoms with Crippen LogP contribution in [0.4, 0.5) is 0 Å². The van der Waals surface area contributed by atoms with Crippen molar-refractivity contribution in [2.24, 2.45) is 0 Å². The SMILES string of the molecule is Cc1nc(C(=O)N2CCN(CC(=O)O)CC2)n[nH]1. The molecule has 1 aromatic heterocycles. The van der Waals surface area contributed by atoms with Crippen molar-refractivity contribution in [3.63, 3.8) is 0 Å². The summed E-state index contributed by atoms with van der Waals surface area (Å²) in [4.78, 5) is 30.0. The minimum absolute atomic E-state index is 0.0157. The molecule has 8 nitrogen and oxygen atoms in total. The first kappa shape index (κ1) is 12.5. The predicted molar refractivity (Wildman–Crippen MR) is 61.1 cm³/mol. The molecule has 1 aromatic rings. The lowest BCUT2D eigenvalue weighted by Gasteiger charge is -2.33. The molecule has 1 aliphatic rings. The second-order valence-corrected chi connectivity index (χ2v) is 4.21. The Morgan fingerprint density at radius 2 is 2.00 bits per heavy atom. The second-order valence-electron chi connectivity index (χ2n) is 4.21. The average Bonchev–Trinajstić information content (AvgIpc) is 2.75. The van der Waals surface area contributed by atoms with Gasteiger partial charge in [-0.25, -0.2) is 4.98 Å². The highest BCUT2D eigenvalue weighted by Gasteiger charge is 2.25. The molecule has 2 rings (SSSR count). The van der Waals surface area contributed by atoms with Crippen LogP contribution in [0.1, 0.15) is 16.4 Å². The van der Waals surface area contributed by atoms with Crippen LogP contribution in [-0.4, -0.2) is 74.7 Å². The lowest BCUT2D eigenvalue weighted by molar-refractivity contribution is -0.138. The van der Waals surface area contributed by atoms with Gasteiger partial charge in [-0.1, -0.05) is 0 Å². The van der Waals surface area contributed by atoms with Gasteiger partial charge in [-0.05, 0) is 6.92 Å². The van der Waals surface area contributed by atoms with Gasteiger partial charge in [0, 0.05) is 26.2 Å². The molecule has 2 N–H and O–H groups in total. The molecule has 0 aromatic carbocycles. The van der Waals surface area contributed by atoms with Gasteiger partial charge in [-0.2, -0.15) is 0 Å². The van der Waals surface area contributed by atoms with E-state index in [-0.39, 0.29) is 18.3 Å². The van der Waals surface area contributed by atoms with Gasteiger partial charge in [-0.15, -0.1) is 5.10 Å². The van der Waals surface area contributed by atoms with Gasteiger partial charge in [0.25, 0.3) is 5.91 Å². The van der Waals surface area contributed by atoms with Gasteiger partial charge in [0.15, 0.2) is 0 Å². The molecule has 18 heavy (non-hydrogen) atoms. The van der Waals surface area contributed by atoms with Gasteiger partial charge < -0.3 is 10.0 Å². The Balaban J connectivity index is 1.90. The average molecular weight is 253 g/mol. The number of rotatable bonds is 3. The summed E-state index contributed by atoms with van der Waals surface area (Å²) in [6.07, 6.45) is 0. The Morgan fingerprint density at radius 1 is 1.33 bits per heavy atom. The Labute approximate surface area is 104 Å². The van der Waals surface area contributed by atoms with Crippen molar-refractivity contribution in [2.45, 2.75) is 6.92 Å². The molecule has 0 bridgehead atoms. The fourth-order valence-electron chi connectivity index (χ4n) is 1.88. The maximum Gasteiger partial charge on any atom is 0.317 e. The van der Waals surface area contributed by atoms with Crippen LogP contribution in [0.5, 0.6) is 0 Å². The molecule has 1 fully saturated rings. The van der Waals surface area contributed by atoms with Crippen molar-refractivity contribution in [1.29, 1.82) is 0 Å². The van der Waals surface area contributed by atoms with Crippen molar-refractivity contribution >= 4 is 11.9 Å². The summed E-state index contributed by atoms with van der Waals surface area (Å²) >= 11 is 0. The normalized spacial score (nSPS) is 16.8. The molecule has 0 unspecified atom stereocenters. The number of carbonyl (C=O) groups excluding carboxylic acids is 1. The summed E-state index contributed by atoms with van der Waals surface area (Å²) in [5, 5.41) is 15.1. The van der Waals surface area contributed by atoms with Crippen molar-refractivity contribution in [1.82, 2.24) is 25.0 Å². The largest absolute Gasteiger partial charge is 0.480 e. The summed E-state index contributed by atoms with van der Waals surface area (Å²) < 4.78 is 0. The first-order chi connectivity index (χ1) is 8.56. The molecule has 1 amide bonds. The topological polar surface area (TPSA) is 102 Å². The number of H-pyrrole nitrogens is 1. The van der Waals surface area contributed by atoms with Gasteiger partial charge in [0.1, 0.15) is 5.82 Å². The van der Waals surface area contributed by atoms with Crippen LogP contribution in [0.15, 0.2) is 0 Å². The third-order valence-electron chi connectivity index (χ3n) is 2.81. The molecule has 0 saturated carbocycles. The van der Waals surface area contributed by atoms with Crippen molar-refractivity contribution in [2.75, 3.05) is 32.7 Å². The number of nitrogens with one attached hydrogen (secondary N) is 1. The highest BCUT2D eigenvalue weighted by molar-refractivity contribution is 5.90. The minimum atomic E-state index is -0.848. The number of aromatic amines is 1. The zero-order valence-corrected chi connectivity index (χ0v) is 10.1. The van der Waals surface area contributed by atoms with Crippen molar-refractivity contribution in [3.05, 3.63) is 11.6 Å². The van der Waals surface area contributed by atoms with Crippen LogP contribution in [0.25, 0.3) is 0 Å². The van der Waals surface area contributed by atoms with E-state index in [9.17, 15) is 9.59 Å². The molecular weight excluding hydrogens is 238 g/mol. The van der Waals surface area contributed by atoms with E-state index in [1.807, 2.05) is 0 Å². The summed E-state index contributed by atoms with van der Waals surface area (Å²) in [6.45, 7) is 3.86. The number of hydrogen-bond acceptors (Lipinski definition) is 5. The number of amides is 1. The van der Waals surface area contributed by atoms with E-state index < -0.39 is 5.97 Å². The van der Waals surface area contributed by atoms with E-state index >= 15 is 0 Å². The maximum absolute atomic E-state index is 12.0. The van der Waals surface area contributed by atoms with Crippen LogP contribution >= 0.6 is 0 Å². The van der Waals surface area contributed by atoms with Crippen molar-refractivity contribution < 1.29 is 14.7 Å². The quantitative estimate of drug-likeness (QED) is 0.713. The zero-order chi connectivity index (χ0) is 13.1. The van der Waals surface area contributed by atoms with Crippen LogP contribution in [0, 0.1) is 6.92 Å². The molecule has 0 atom stereocenters. The maximum atomic E-state index is 12.0. The number of piperazine rings is 1. The number of aryl methyl sites for hydroxylation is 1. The first-order valence-corrected chi connectivity index (χ1v) is 5.68. The number of aromatic nitrogens is 3. The van der Waals surface area contributed by atoms with E-state index in [1.54, 1.807) is 16.7 Å². The van der Waals surface area contributed by atoms with E-state index in [2.05, 4.69) is 15.2 Å². The van der Waals surface area contributed by atoms with Gasteiger partial charge in [0.2, 0.25) is 5.82 Å². The molecular formula is C10H15N5O3. The standard InChI is InChI=1S/C10H15N5O3/c1-7-11-9(13-12-7)10(18)15-4-2-14(3-5-15)6-8(16)17/h2-6H2,1H3,(H,16,17)(H,11,12,13). The highest BCUT2D eigenvalue weighted by Crippen LogP contribution is 2.05. The number of carboxylic acid groups (broad SMARTS) is 1. The van der Waals surface area contributed by atoms with Crippen LogP contribution in [-0.2, 0) is 4.79 Å². The molecule has 1 aliphatic heterocycles. The molecule has 0 radical (unpaired) electrons. The number of carboxylic acids is 1. The molecule has 0 spiro atoms. The lowest BCUT2D eigenvalue weighted by atomic mass is 10.3. The number of carbonyl (C=O) groups is 2. The van der Waals surface area contributed by atoms with Gasteiger partial charge in [-0.3, -0.25) is 19.6 Å². The highest BCUT2D eigenvalue weighted by atomic mass is 16.4. The predicted octanol–water partition coefficient (Wildman–Crippen LogP) is -1.04. The Bertz CT molecular complexity index is 450. The minimum Gasteiger partial charge on any atom is -0.480 e. The number of hydrogen-bond donors (Lipinski definition) is 2. The van der Waals surface area contributed by atoms with Gasteiger partial charge >= 0.3 is 5.97 Å². The summed E-state index contributed by atoms with van der Waals surface area (Å²) in [6, 6.07) is 0. The summed E-state index contributed by atoms with van der Waals surface area (Å²) in [5.41, 5.74) is 0. The molecule has 8 heteroatoms. The van der Waals surface area contributed by atoms with E-state index in [0.29, 0.717) is 32.0 Å². The van der Waals surface area contributed by atoms with E-state index in [1.165, 1.54) is 0 Å². The lowest BCUT2D eigenvalue weighted by Crippen LogP contribution is -2.50. The molecule has 1 saturated heterocycles. The summed E-state index contributed by atoms with van der Waals surface area (Å²) in [7, 11) is 0. The van der Waals surface area contributed by atoms with Crippen LogP contribution in [0.3, 0.4) is 0 Å². The summed E-state index contributed by atoms with van der Waals surface area (Å²) in [5.74, 6) is -0.296. The molecule has 2 heterocycles. The monoisotopic (exact) mass is 253 g/mol. The van der Waals surface area contributed by atoms with Gasteiger partial charge in [0.05, 0.1) is 6.54 Å². The van der Waals surface area contributed by atoms with E-state index in [0.717, 1.165) is 0 Å². The molecule has 0 aliphatic carbocycles. The zero-order valence-electron chi connectivity index (χ0n) is 10.1. The van der Waals surface area contributed by atoms with Crippen molar-refractivity contribution in [3.8, 4) is 0 Å². The second kappa shape index (κ2) is 5.13. The number of aliphatic carboxylic acids is 1. The molecule has 98 valence electrons. The Hall–Kier alpha value is -1.96. The Morgan fingerprint density at radius 3 is 2.50 bits per heavy atom. The van der Waals surface area contributed by atoms with E-state index in [4.69, 9.17) is 5.11 Å². The fourth-order valence-corrected chi connectivity index (χ4v) is 1.88. The fraction of sp³-hybridized carbons (Fsp3) is 0.600. The third kappa shape index (κ3) is 2.83. The Kier molecular flexibility index (Phi) is 3.56. The third-order valence-corrected chi connectivity index (χ3v) is 2.81. The van der Waals surface area contributed by atoms with Crippen LogP contribution < -0.4 is 0 Å². The smallest absolute Gasteiger partial charge is 0.317 e. The van der Waals surface area contributed by atoms with Crippen LogP contribution in [0.2, 0.25) is 0 Å². The first-order valence-electron chi connectivity index (χ1n) is 5.68.